The maximum atomic E-state index is 12.8. The van der Waals surface area contributed by atoms with E-state index in [0.29, 0.717) is 11.7 Å². The Morgan fingerprint density at radius 3 is 2.29 bits per heavy atom. The third-order valence-corrected chi connectivity index (χ3v) is 8.77. The number of rotatable bonds is 7. The molecular formula is C25H33N5O3S. The predicted molar refractivity (Wildman–Crippen MR) is 131 cm³/mol. The van der Waals surface area contributed by atoms with Gasteiger partial charge in [0.2, 0.25) is 5.91 Å². The first kappa shape index (κ1) is 23.2. The largest absolute Gasteiger partial charge is 0.497 e. The van der Waals surface area contributed by atoms with E-state index in [2.05, 4.69) is 20.8 Å². The van der Waals surface area contributed by atoms with Gasteiger partial charge in [-0.05, 0) is 94.4 Å². The third-order valence-electron chi connectivity index (χ3n) is 7.69. The van der Waals surface area contributed by atoms with E-state index in [4.69, 9.17) is 4.74 Å². The Bertz CT molecular complexity index is 1030. The summed E-state index contributed by atoms with van der Waals surface area (Å²) in [6, 6.07) is 7.28. The molecule has 1 aromatic heterocycles. The Labute approximate surface area is 204 Å². The monoisotopic (exact) mass is 483 g/mol. The van der Waals surface area contributed by atoms with Crippen molar-refractivity contribution in [2.75, 3.05) is 7.11 Å². The molecule has 0 spiro atoms. The van der Waals surface area contributed by atoms with Gasteiger partial charge in [-0.25, -0.2) is 4.79 Å². The number of imide groups is 1. The molecule has 0 radical (unpaired) electrons. The molecule has 1 aromatic carbocycles. The summed E-state index contributed by atoms with van der Waals surface area (Å²) in [6.07, 6.45) is 7.10. The van der Waals surface area contributed by atoms with Crippen molar-refractivity contribution < 1.29 is 14.3 Å². The van der Waals surface area contributed by atoms with Crippen LogP contribution in [0.1, 0.15) is 52.4 Å². The van der Waals surface area contributed by atoms with Gasteiger partial charge in [0, 0.05) is 17.6 Å². The number of aromatic nitrogens is 3. The van der Waals surface area contributed by atoms with Crippen LogP contribution in [0.15, 0.2) is 29.4 Å². The van der Waals surface area contributed by atoms with Gasteiger partial charge in [0.1, 0.15) is 5.75 Å². The second kappa shape index (κ2) is 9.24. The number of carbonyl (C=O) groups excluding carboxylic acids is 2. The molecule has 4 aliphatic carbocycles. The minimum atomic E-state index is -0.486. The fraction of sp³-hybridized carbons (Fsp3) is 0.600. The number of hydrogen-bond donors (Lipinski definition) is 2. The van der Waals surface area contributed by atoms with E-state index in [0.717, 1.165) is 54.2 Å². The van der Waals surface area contributed by atoms with Crippen LogP contribution in [-0.4, -0.2) is 44.6 Å². The summed E-state index contributed by atoms with van der Waals surface area (Å²) in [5.74, 6) is 3.40. The second-order valence-electron chi connectivity index (χ2n) is 10.2. The van der Waals surface area contributed by atoms with Crippen LogP contribution in [0.3, 0.4) is 0 Å². The molecule has 6 rings (SSSR count). The maximum absolute atomic E-state index is 12.8. The number of methoxy groups -OCH3 is 1. The Morgan fingerprint density at radius 2 is 1.74 bits per heavy atom. The summed E-state index contributed by atoms with van der Waals surface area (Å²) < 4.78 is 7.21. The molecule has 3 amide bonds. The highest BCUT2D eigenvalue weighted by atomic mass is 32.2. The van der Waals surface area contributed by atoms with Crippen molar-refractivity contribution in [3.8, 4) is 17.1 Å². The summed E-state index contributed by atoms with van der Waals surface area (Å²) in [5.41, 5.74) is 0.805. The molecule has 0 aliphatic heterocycles. The zero-order valence-corrected chi connectivity index (χ0v) is 20.9. The second-order valence-corrected chi connectivity index (χ2v) is 11.5. The molecule has 1 heterocycles. The van der Waals surface area contributed by atoms with Crippen molar-refractivity contribution in [2.24, 2.45) is 17.8 Å². The number of ether oxygens (including phenoxy) is 1. The van der Waals surface area contributed by atoms with Crippen molar-refractivity contribution in [2.45, 2.75) is 74.9 Å². The van der Waals surface area contributed by atoms with Crippen molar-refractivity contribution in [3.05, 3.63) is 24.3 Å². The van der Waals surface area contributed by atoms with Crippen molar-refractivity contribution in [1.82, 2.24) is 25.4 Å². The lowest BCUT2D eigenvalue weighted by Crippen LogP contribution is -2.62. The van der Waals surface area contributed by atoms with Gasteiger partial charge in [-0.15, -0.1) is 10.2 Å². The first-order chi connectivity index (χ1) is 16.4. The third kappa shape index (κ3) is 4.54. The van der Waals surface area contributed by atoms with Crippen LogP contribution in [-0.2, 0) is 11.3 Å². The van der Waals surface area contributed by atoms with Crippen molar-refractivity contribution >= 4 is 23.7 Å². The van der Waals surface area contributed by atoms with Crippen molar-refractivity contribution in [1.29, 1.82) is 0 Å². The number of urea groups is 1. The molecule has 4 fully saturated rings. The molecule has 0 saturated heterocycles. The topological polar surface area (TPSA) is 98.1 Å². The molecule has 4 bridgehead atoms. The molecule has 34 heavy (non-hydrogen) atoms. The van der Waals surface area contributed by atoms with Crippen LogP contribution in [0.5, 0.6) is 5.75 Å². The number of thioether (sulfide) groups is 1. The molecule has 0 unspecified atom stereocenters. The summed E-state index contributed by atoms with van der Waals surface area (Å²) in [5, 5.41) is 14.6. The Morgan fingerprint density at radius 1 is 1.12 bits per heavy atom. The summed E-state index contributed by atoms with van der Waals surface area (Å²) >= 11 is 1.31. The molecular weight excluding hydrogens is 450 g/mol. The van der Waals surface area contributed by atoms with E-state index in [1.807, 2.05) is 35.8 Å². The normalized spacial score (nSPS) is 27.9. The SMILES string of the molecule is CCn1c(S[C@@H](C)C(=O)NC(=O)NC23CC4CC(CC(C4)C2)C3)nnc1-c1ccc(OC)cc1. The zero-order valence-electron chi connectivity index (χ0n) is 20.0. The standard InChI is InChI=1S/C25H33N5O3S/c1-4-30-21(19-5-7-20(33-3)8-6-19)28-29-24(30)34-15(2)22(31)26-23(32)27-25-12-16-9-17(13-25)11-18(10-16)14-25/h5-8,15-18H,4,9-14H2,1-3H3,(H2,26,27,31,32)/t15-,16?,17?,18?,25?/m0/s1. The Kier molecular flexibility index (Phi) is 6.31. The van der Waals surface area contributed by atoms with Gasteiger partial charge in [0.15, 0.2) is 11.0 Å². The molecule has 9 heteroatoms. The van der Waals surface area contributed by atoms with Crippen LogP contribution in [0.2, 0.25) is 0 Å². The average Bonchev–Trinajstić information content (AvgIpc) is 3.20. The molecule has 2 aromatic rings. The minimum Gasteiger partial charge on any atom is -0.497 e. The lowest BCUT2D eigenvalue weighted by molar-refractivity contribution is -0.119. The minimum absolute atomic E-state index is 0.120. The number of benzene rings is 1. The van der Waals surface area contributed by atoms with Gasteiger partial charge < -0.3 is 14.6 Å². The van der Waals surface area contributed by atoms with E-state index in [9.17, 15) is 9.59 Å². The summed E-state index contributed by atoms with van der Waals surface area (Å²) in [6.45, 7) is 4.47. The lowest BCUT2D eigenvalue weighted by atomic mass is 9.53. The average molecular weight is 484 g/mol. The number of amides is 3. The highest BCUT2D eigenvalue weighted by Crippen LogP contribution is 2.55. The van der Waals surface area contributed by atoms with Crippen LogP contribution >= 0.6 is 11.8 Å². The first-order valence-electron chi connectivity index (χ1n) is 12.3. The zero-order chi connectivity index (χ0) is 23.9. The highest BCUT2D eigenvalue weighted by molar-refractivity contribution is 8.00. The van der Waals surface area contributed by atoms with Gasteiger partial charge in [0.05, 0.1) is 12.4 Å². The van der Waals surface area contributed by atoms with E-state index < -0.39 is 5.25 Å². The van der Waals surface area contributed by atoms with Crippen molar-refractivity contribution in [3.63, 3.8) is 0 Å². The molecule has 4 aliphatic rings. The number of hydrogen-bond acceptors (Lipinski definition) is 6. The quantitative estimate of drug-likeness (QED) is 0.572. The van der Waals surface area contributed by atoms with Crippen LogP contribution < -0.4 is 15.4 Å². The Hall–Kier alpha value is -2.55. The van der Waals surface area contributed by atoms with Gasteiger partial charge in [-0.2, -0.15) is 0 Å². The van der Waals surface area contributed by atoms with Gasteiger partial charge in [-0.1, -0.05) is 11.8 Å². The fourth-order valence-corrected chi connectivity index (χ4v) is 7.49. The summed E-state index contributed by atoms with van der Waals surface area (Å²) in [7, 11) is 1.63. The van der Waals surface area contributed by atoms with Crippen LogP contribution in [0.25, 0.3) is 11.4 Å². The lowest BCUT2D eigenvalue weighted by Gasteiger charge is -2.56. The van der Waals surface area contributed by atoms with Gasteiger partial charge >= 0.3 is 6.03 Å². The van der Waals surface area contributed by atoms with E-state index >= 15 is 0 Å². The predicted octanol–water partition coefficient (Wildman–Crippen LogP) is 4.25. The molecule has 182 valence electrons. The van der Waals surface area contributed by atoms with Gasteiger partial charge in [0.25, 0.3) is 0 Å². The Balaban J connectivity index is 1.20. The molecule has 8 nitrogen and oxygen atoms in total. The highest BCUT2D eigenvalue weighted by Gasteiger charge is 2.51. The fourth-order valence-electron chi connectivity index (χ4n) is 6.58. The number of carbonyl (C=O) groups is 2. The number of nitrogens with one attached hydrogen (secondary N) is 2. The molecule has 4 saturated carbocycles. The summed E-state index contributed by atoms with van der Waals surface area (Å²) in [4.78, 5) is 25.6. The van der Waals surface area contributed by atoms with E-state index in [1.165, 1.54) is 31.0 Å². The maximum Gasteiger partial charge on any atom is 0.321 e. The number of nitrogens with zero attached hydrogens (tertiary/aromatic N) is 3. The van der Waals surface area contributed by atoms with Crippen LogP contribution in [0, 0.1) is 17.8 Å². The van der Waals surface area contributed by atoms with Gasteiger partial charge in [-0.3, -0.25) is 10.1 Å². The van der Waals surface area contributed by atoms with E-state index in [-0.39, 0.29) is 17.5 Å². The molecule has 1 atom stereocenters. The smallest absolute Gasteiger partial charge is 0.321 e. The first-order valence-corrected chi connectivity index (χ1v) is 13.1. The van der Waals surface area contributed by atoms with E-state index in [1.54, 1.807) is 14.0 Å². The molecule has 2 N–H and O–H groups in total. The van der Waals surface area contributed by atoms with Crippen LogP contribution in [0.4, 0.5) is 4.79 Å².